The summed E-state index contributed by atoms with van der Waals surface area (Å²) < 4.78 is 6.17. The molecule has 0 heterocycles. The number of benzene rings is 2. The number of methoxy groups -OCH3 is 1. The van der Waals surface area contributed by atoms with Crippen LogP contribution in [0.15, 0.2) is 40.9 Å². The first-order valence-electron chi connectivity index (χ1n) is 5.92. The van der Waals surface area contributed by atoms with Crippen LogP contribution in [0.5, 0.6) is 5.75 Å². The van der Waals surface area contributed by atoms with Crippen molar-refractivity contribution >= 4 is 39.1 Å². The van der Waals surface area contributed by atoms with Crippen LogP contribution in [0, 0.1) is 6.92 Å². The maximum absolute atomic E-state index is 12.2. The summed E-state index contributed by atoms with van der Waals surface area (Å²) in [5, 5.41) is 3.34. The zero-order valence-electron chi connectivity index (χ0n) is 11.0. The Morgan fingerprint density at radius 1 is 1.25 bits per heavy atom. The molecule has 104 valence electrons. The van der Waals surface area contributed by atoms with Gasteiger partial charge in [-0.2, -0.15) is 0 Å². The Morgan fingerprint density at radius 2 is 2.00 bits per heavy atom. The standard InChI is InChI=1S/C15H13BrClNO2/c1-9-7-10(3-5-12(9)16)15(19)18-13-8-11(17)4-6-14(13)20-2/h3-8H,1-2H3,(H,18,19). The molecule has 0 aromatic heterocycles. The molecule has 0 aliphatic rings. The van der Waals surface area contributed by atoms with Crippen molar-refractivity contribution < 1.29 is 9.53 Å². The number of ether oxygens (including phenoxy) is 1. The molecule has 0 saturated heterocycles. The van der Waals surface area contributed by atoms with Crippen LogP contribution in [0.25, 0.3) is 0 Å². The molecule has 20 heavy (non-hydrogen) atoms. The van der Waals surface area contributed by atoms with Gasteiger partial charge in [-0.1, -0.05) is 27.5 Å². The highest BCUT2D eigenvalue weighted by Crippen LogP contribution is 2.28. The number of nitrogens with one attached hydrogen (secondary N) is 1. The van der Waals surface area contributed by atoms with Crippen LogP contribution in [0.2, 0.25) is 5.02 Å². The lowest BCUT2D eigenvalue weighted by atomic mass is 10.1. The number of hydrogen-bond acceptors (Lipinski definition) is 2. The van der Waals surface area contributed by atoms with Crippen molar-refractivity contribution in [3.8, 4) is 5.75 Å². The number of amides is 1. The molecule has 0 bridgehead atoms. The van der Waals surface area contributed by atoms with E-state index in [0.29, 0.717) is 22.0 Å². The second kappa shape index (κ2) is 6.29. The van der Waals surface area contributed by atoms with Crippen molar-refractivity contribution in [3.05, 3.63) is 57.0 Å². The minimum Gasteiger partial charge on any atom is -0.495 e. The monoisotopic (exact) mass is 353 g/mol. The SMILES string of the molecule is COc1ccc(Cl)cc1NC(=O)c1ccc(Br)c(C)c1. The van der Waals surface area contributed by atoms with Gasteiger partial charge in [0.25, 0.3) is 5.91 Å². The molecule has 2 rings (SSSR count). The Kier molecular flexibility index (Phi) is 4.68. The van der Waals surface area contributed by atoms with Crippen molar-refractivity contribution in [1.82, 2.24) is 0 Å². The third-order valence-electron chi connectivity index (χ3n) is 2.83. The summed E-state index contributed by atoms with van der Waals surface area (Å²) in [7, 11) is 1.54. The lowest BCUT2D eigenvalue weighted by molar-refractivity contribution is 0.102. The first-order chi connectivity index (χ1) is 9.51. The van der Waals surface area contributed by atoms with Gasteiger partial charge in [-0.15, -0.1) is 0 Å². The van der Waals surface area contributed by atoms with Crippen molar-refractivity contribution in [3.63, 3.8) is 0 Å². The Balaban J connectivity index is 2.27. The summed E-state index contributed by atoms with van der Waals surface area (Å²) in [6.45, 7) is 1.93. The Morgan fingerprint density at radius 3 is 2.65 bits per heavy atom. The molecule has 1 N–H and O–H groups in total. The van der Waals surface area contributed by atoms with Crippen LogP contribution in [-0.2, 0) is 0 Å². The van der Waals surface area contributed by atoms with Crippen molar-refractivity contribution in [2.75, 3.05) is 12.4 Å². The fraction of sp³-hybridized carbons (Fsp3) is 0.133. The zero-order valence-corrected chi connectivity index (χ0v) is 13.4. The number of halogens is 2. The molecule has 0 unspecified atom stereocenters. The first kappa shape index (κ1) is 14.9. The van der Waals surface area contributed by atoms with Crippen LogP contribution >= 0.6 is 27.5 Å². The summed E-state index contributed by atoms with van der Waals surface area (Å²) in [5.74, 6) is 0.359. The third kappa shape index (κ3) is 3.32. The number of carbonyl (C=O) groups is 1. The minimum atomic E-state index is -0.207. The third-order valence-corrected chi connectivity index (χ3v) is 3.95. The van der Waals surface area contributed by atoms with Crippen LogP contribution in [0.3, 0.4) is 0 Å². The summed E-state index contributed by atoms with van der Waals surface area (Å²) in [6.07, 6.45) is 0. The van der Waals surface area contributed by atoms with E-state index < -0.39 is 0 Å². The highest BCUT2D eigenvalue weighted by atomic mass is 79.9. The maximum atomic E-state index is 12.2. The molecule has 0 aliphatic carbocycles. The van der Waals surface area contributed by atoms with E-state index in [0.717, 1.165) is 10.0 Å². The molecule has 5 heteroatoms. The molecule has 0 spiro atoms. The Hall–Kier alpha value is -1.52. The van der Waals surface area contributed by atoms with E-state index in [4.69, 9.17) is 16.3 Å². The molecule has 1 amide bonds. The van der Waals surface area contributed by atoms with Gasteiger partial charge in [-0.3, -0.25) is 4.79 Å². The van der Waals surface area contributed by atoms with Gasteiger partial charge in [0.1, 0.15) is 5.75 Å². The lowest BCUT2D eigenvalue weighted by Crippen LogP contribution is -2.12. The van der Waals surface area contributed by atoms with E-state index >= 15 is 0 Å². The van der Waals surface area contributed by atoms with E-state index in [1.165, 1.54) is 0 Å². The topological polar surface area (TPSA) is 38.3 Å². The van der Waals surface area contributed by atoms with E-state index in [1.807, 2.05) is 19.1 Å². The van der Waals surface area contributed by atoms with Crippen molar-refractivity contribution in [2.45, 2.75) is 6.92 Å². The summed E-state index contributed by atoms with van der Waals surface area (Å²) in [4.78, 5) is 12.2. The predicted molar refractivity (Wildman–Crippen MR) is 84.8 cm³/mol. The number of carbonyl (C=O) groups excluding carboxylic acids is 1. The summed E-state index contributed by atoms with van der Waals surface area (Å²) in [5.41, 5.74) is 2.12. The largest absolute Gasteiger partial charge is 0.495 e. The first-order valence-corrected chi connectivity index (χ1v) is 7.09. The van der Waals surface area contributed by atoms with Gasteiger partial charge in [0.2, 0.25) is 0 Å². The number of anilines is 1. The lowest BCUT2D eigenvalue weighted by Gasteiger charge is -2.11. The summed E-state index contributed by atoms with van der Waals surface area (Å²) >= 11 is 9.34. The minimum absolute atomic E-state index is 0.207. The molecule has 3 nitrogen and oxygen atoms in total. The molecule has 0 aliphatic heterocycles. The molecule has 2 aromatic rings. The number of aryl methyl sites for hydroxylation is 1. The molecular formula is C15H13BrClNO2. The fourth-order valence-electron chi connectivity index (χ4n) is 1.76. The van der Waals surface area contributed by atoms with E-state index in [1.54, 1.807) is 31.4 Å². The van der Waals surface area contributed by atoms with Gasteiger partial charge in [-0.05, 0) is 48.9 Å². The average molecular weight is 355 g/mol. The van der Waals surface area contributed by atoms with Gasteiger partial charge < -0.3 is 10.1 Å². The van der Waals surface area contributed by atoms with E-state index in [9.17, 15) is 4.79 Å². The Labute approximate surface area is 131 Å². The van der Waals surface area contributed by atoms with Crippen LogP contribution in [-0.4, -0.2) is 13.0 Å². The van der Waals surface area contributed by atoms with Crippen LogP contribution in [0.1, 0.15) is 15.9 Å². The van der Waals surface area contributed by atoms with Gasteiger partial charge in [0, 0.05) is 15.1 Å². The molecular weight excluding hydrogens is 342 g/mol. The van der Waals surface area contributed by atoms with Gasteiger partial charge in [0.05, 0.1) is 12.8 Å². The molecule has 2 aromatic carbocycles. The van der Waals surface area contributed by atoms with Gasteiger partial charge in [-0.25, -0.2) is 0 Å². The smallest absolute Gasteiger partial charge is 0.255 e. The second-order valence-corrected chi connectivity index (χ2v) is 5.55. The molecule has 0 radical (unpaired) electrons. The quantitative estimate of drug-likeness (QED) is 0.869. The Bertz CT molecular complexity index is 658. The molecule has 0 atom stereocenters. The summed E-state index contributed by atoms with van der Waals surface area (Å²) in [6, 6.07) is 10.5. The van der Waals surface area contributed by atoms with Crippen LogP contribution in [0.4, 0.5) is 5.69 Å². The zero-order chi connectivity index (χ0) is 14.7. The normalized spacial score (nSPS) is 10.2. The van der Waals surface area contributed by atoms with E-state index in [2.05, 4.69) is 21.2 Å². The van der Waals surface area contributed by atoms with E-state index in [-0.39, 0.29) is 5.91 Å². The van der Waals surface area contributed by atoms with Gasteiger partial charge >= 0.3 is 0 Å². The second-order valence-electron chi connectivity index (χ2n) is 4.26. The van der Waals surface area contributed by atoms with Crippen molar-refractivity contribution in [2.24, 2.45) is 0 Å². The van der Waals surface area contributed by atoms with Crippen LogP contribution < -0.4 is 10.1 Å². The highest BCUT2D eigenvalue weighted by molar-refractivity contribution is 9.10. The molecule has 0 fully saturated rings. The average Bonchev–Trinajstić information content (AvgIpc) is 2.42. The molecule has 0 saturated carbocycles. The highest BCUT2D eigenvalue weighted by Gasteiger charge is 2.11. The van der Waals surface area contributed by atoms with Crippen molar-refractivity contribution in [1.29, 1.82) is 0 Å². The fourth-order valence-corrected chi connectivity index (χ4v) is 2.18. The predicted octanol–water partition coefficient (Wildman–Crippen LogP) is 4.67. The maximum Gasteiger partial charge on any atom is 0.255 e. The number of hydrogen-bond donors (Lipinski definition) is 1. The number of rotatable bonds is 3. The van der Waals surface area contributed by atoms with Gasteiger partial charge in [0.15, 0.2) is 0 Å².